The van der Waals surface area contributed by atoms with Gasteiger partial charge < -0.3 is 9.11 Å². The predicted molar refractivity (Wildman–Crippen MR) is 352 cm³/mol. The van der Waals surface area contributed by atoms with E-state index in [1.54, 1.807) is 24.3 Å². The fourth-order valence-corrected chi connectivity index (χ4v) is 13.4. The summed E-state index contributed by atoms with van der Waals surface area (Å²) < 4.78 is 68.1. The van der Waals surface area contributed by atoms with Crippen LogP contribution in [0.3, 0.4) is 0 Å². The van der Waals surface area contributed by atoms with E-state index in [0.29, 0.717) is 24.0 Å². The van der Waals surface area contributed by atoms with E-state index >= 15 is 0 Å². The maximum absolute atomic E-state index is 11.4. The van der Waals surface area contributed by atoms with E-state index in [2.05, 4.69) is 13.8 Å². The standard InChI is InChI=1S/2C36H66O3S.Ba/c2*1-2-3-4-5-6-7-8-9-10-11-12-13-14-15-16-17-18-19-20-21-22-23-24-25-26-27-28-29-32-35-33-30-31-34-36(35)40(37,38)39;/h2*30-31,33-34H,2-29,32H2,1H3,(H,37,38,39);/q;;+2/p-2. The van der Waals surface area contributed by atoms with Crippen LogP contribution in [0.2, 0.25) is 0 Å². The summed E-state index contributed by atoms with van der Waals surface area (Å²) in [5, 5.41) is 0. The molecule has 0 unspecified atom stereocenters. The molecule has 6 nitrogen and oxygen atoms in total. The maximum atomic E-state index is 11.4. The van der Waals surface area contributed by atoms with Crippen LogP contribution < -0.4 is 0 Å². The average molecular weight is 1290 g/mol. The summed E-state index contributed by atoms with van der Waals surface area (Å²) in [5.41, 5.74) is 1.35. The molecule has 0 fully saturated rings. The van der Waals surface area contributed by atoms with E-state index in [9.17, 15) is 25.9 Å². The minimum Gasteiger partial charge on any atom is -0.744 e. The molecule has 0 aromatic heterocycles. The topological polar surface area (TPSA) is 114 Å². The summed E-state index contributed by atoms with van der Waals surface area (Å²) >= 11 is 0. The summed E-state index contributed by atoms with van der Waals surface area (Å²) in [6.45, 7) is 4.59. The van der Waals surface area contributed by atoms with Gasteiger partial charge in [-0.1, -0.05) is 397 Å². The van der Waals surface area contributed by atoms with Crippen LogP contribution in [0.1, 0.15) is 385 Å². The molecule has 0 saturated carbocycles. The Labute approximate surface area is 545 Å². The van der Waals surface area contributed by atoms with Gasteiger partial charge in [0.05, 0.1) is 9.79 Å². The number of aryl methyl sites for hydroxylation is 2. The van der Waals surface area contributed by atoms with Crippen molar-refractivity contribution in [3.05, 3.63) is 59.7 Å². The molecule has 0 heterocycles. The normalized spacial score (nSPS) is 11.7. The Morgan fingerprint density at radius 2 is 0.370 bits per heavy atom. The smallest absolute Gasteiger partial charge is 0.744 e. The first kappa shape index (κ1) is 80.8. The van der Waals surface area contributed by atoms with Gasteiger partial charge in [0.1, 0.15) is 20.2 Å². The van der Waals surface area contributed by atoms with Crippen molar-refractivity contribution in [1.29, 1.82) is 0 Å². The van der Waals surface area contributed by atoms with Crippen LogP contribution in [0, 0.1) is 0 Å². The molecule has 0 aliphatic carbocycles. The molecule has 0 aliphatic heterocycles. The third kappa shape index (κ3) is 54.9. The van der Waals surface area contributed by atoms with E-state index in [-0.39, 0.29) is 58.7 Å². The molecule has 9 heteroatoms. The van der Waals surface area contributed by atoms with Crippen molar-refractivity contribution < 1.29 is 25.9 Å². The molecule has 0 atom stereocenters. The molecule has 2 aromatic carbocycles. The van der Waals surface area contributed by atoms with Crippen LogP contribution in [0.5, 0.6) is 0 Å². The van der Waals surface area contributed by atoms with E-state index < -0.39 is 20.2 Å². The van der Waals surface area contributed by atoms with Crippen LogP contribution in [0.4, 0.5) is 0 Å². The molecule has 0 saturated heterocycles. The monoisotopic (exact) mass is 1290 g/mol. The second-order valence-corrected chi connectivity index (χ2v) is 27.4. The van der Waals surface area contributed by atoms with E-state index in [1.807, 2.05) is 12.1 Å². The van der Waals surface area contributed by atoms with Crippen molar-refractivity contribution in [2.45, 2.75) is 396 Å². The van der Waals surface area contributed by atoms with Crippen LogP contribution in [-0.4, -0.2) is 74.8 Å². The first-order chi connectivity index (χ1) is 39.1. The first-order valence-electron chi connectivity index (χ1n) is 35.2. The van der Waals surface area contributed by atoms with Crippen molar-refractivity contribution in [3.63, 3.8) is 0 Å². The SMILES string of the molecule is CCCCCCCCCCCCCCCCCCCCCCCCCCCCCCc1ccccc1S(=O)(=O)[O-].CCCCCCCCCCCCCCCCCCCCCCCCCCCCCCc1ccccc1S(=O)(=O)[O-].[Ba+2]. The molecule has 0 radical (unpaired) electrons. The number of hydrogen-bond donors (Lipinski definition) is 0. The summed E-state index contributed by atoms with van der Waals surface area (Å²) in [6, 6.07) is 13.3. The Hall–Kier alpha value is -0.169. The van der Waals surface area contributed by atoms with E-state index in [0.717, 1.165) is 25.7 Å². The van der Waals surface area contributed by atoms with Gasteiger partial charge in [-0.3, -0.25) is 0 Å². The van der Waals surface area contributed by atoms with Gasteiger partial charge in [-0.25, -0.2) is 16.8 Å². The fourth-order valence-electron chi connectivity index (χ4n) is 11.9. The number of benzene rings is 2. The summed E-state index contributed by atoms with van der Waals surface area (Å²) in [4.78, 5) is -0.0833. The number of rotatable bonds is 60. The van der Waals surface area contributed by atoms with Gasteiger partial charge in [0.15, 0.2) is 0 Å². The first-order valence-corrected chi connectivity index (χ1v) is 38.0. The number of unbranched alkanes of at least 4 members (excludes halogenated alkanes) is 54. The third-order valence-corrected chi connectivity index (χ3v) is 19.0. The molecule has 0 amide bonds. The maximum Gasteiger partial charge on any atom is 2.00 e. The summed E-state index contributed by atoms with van der Waals surface area (Å²) in [7, 11) is -8.73. The van der Waals surface area contributed by atoms with Gasteiger partial charge in [-0.05, 0) is 48.9 Å². The molecule has 0 bridgehead atoms. The van der Waals surface area contributed by atoms with Crippen molar-refractivity contribution >= 4 is 69.1 Å². The fraction of sp³-hybridized carbons (Fsp3) is 0.833. The Kier molecular flexibility index (Phi) is 61.3. The zero-order valence-corrected chi connectivity index (χ0v) is 59.7. The van der Waals surface area contributed by atoms with Crippen molar-refractivity contribution in [2.24, 2.45) is 0 Å². The average Bonchev–Trinajstić information content (AvgIpc) is 3.45. The van der Waals surface area contributed by atoms with Gasteiger partial charge in [0, 0.05) is 0 Å². The van der Waals surface area contributed by atoms with Gasteiger partial charge in [0.2, 0.25) is 0 Å². The van der Waals surface area contributed by atoms with Gasteiger partial charge >= 0.3 is 48.9 Å². The Balaban J connectivity index is 0.00000156. The molecule has 0 N–H and O–H groups in total. The van der Waals surface area contributed by atoms with Crippen molar-refractivity contribution in [3.8, 4) is 0 Å². The molecular weight excluding hydrogens is 1160 g/mol. The molecule has 2 rings (SSSR count). The predicted octanol–water partition coefficient (Wildman–Crippen LogP) is 23.8. The Morgan fingerprint density at radius 1 is 0.235 bits per heavy atom. The molecule has 468 valence electrons. The largest absolute Gasteiger partial charge is 2.00 e. The zero-order valence-electron chi connectivity index (χ0n) is 53.6. The third-order valence-electron chi connectivity index (χ3n) is 17.1. The number of hydrogen-bond acceptors (Lipinski definition) is 6. The summed E-state index contributed by atoms with van der Waals surface area (Å²) in [5.74, 6) is 0. The van der Waals surface area contributed by atoms with Crippen molar-refractivity contribution in [2.75, 3.05) is 0 Å². The van der Waals surface area contributed by atoms with Crippen LogP contribution in [0.25, 0.3) is 0 Å². The molecule has 0 aliphatic rings. The molecular formula is C72H130BaO6S2. The minimum atomic E-state index is -4.36. The Morgan fingerprint density at radius 3 is 0.519 bits per heavy atom. The molecule has 2 aromatic rings. The van der Waals surface area contributed by atoms with Crippen LogP contribution in [0.15, 0.2) is 58.3 Å². The van der Waals surface area contributed by atoms with Crippen LogP contribution >= 0.6 is 0 Å². The molecule has 0 spiro atoms. The zero-order chi connectivity index (χ0) is 58.0. The van der Waals surface area contributed by atoms with Gasteiger partial charge in [0.25, 0.3) is 0 Å². The second kappa shape index (κ2) is 61.5. The van der Waals surface area contributed by atoms with Crippen LogP contribution in [-0.2, 0) is 33.1 Å². The minimum absolute atomic E-state index is 0. The quantitative estimate of drug-likeness (QED) is 0.0370. The molecule has 81 heavy (non-hydrogen) atoms. The van der Waals surface area contributed by atoms with Gasteiger partial charge in [-0.15, -0.1) is 0 Å². The summed E-state index contributed by atoms with van der Waals surface area (Å²) in [6.07, 6.45) is 79.0. The Bertz CT molecular complexity index is 1690. The van der Waals surface area contributed by atoms with E-state index in [1.165, 1.54) is 346 Å². The van der Waals surface area contributed by atoms with Crippen molar-refractivity contribution in [1.82, 2.24) is 0 Å². The van der Waals surface area contributed by atoms with E-state index in [4.69, 9.17) is 0 Å². The van der Waals surface area contributed by atoms with Gasteiger partial charge in [-0.2, -0.15) is 0 Å². The second-order valence-electron chi connectivity index (χ2n) is 24.7.